The summed E-state index contributed by atoms with van der Waals surface area (Å²) in [5.41, 5.74) is -3.66. The maximum Gasteiger partial charge on any atom is 1.00 e. The molecule has 4 spiro atoms. The van der Waals surface area contributed by atoms with Crippen LogP contribution < -0.4 is 29.6 Å². The zero-order valence-corrected chi connectivity index (χ0v) is 62.8. The van der Waals surface area contributed by atoms with Crippen LogP contribution in [0.3, 0.4) is 0 Å². The van der Waals surface area contributed by atoms with Gasteiger partial charge in [0.05, 0.1) is 61.0 Å². The second-order valence-corrected chi connectivity index (χ2v) is 37.0. The van der Waals surface area contributed by atoms with Crippen LogP contribution in [0.5, 0.6) is 0 Å². The summed E-state index contributed by atoms with van der Waals surface area (Å²) in [7, 11) is 0. The van der Waals surface area contributed by atoms with E-state index in [4.69, 9.17) is 37.9 Å². The Morgan fingerprint density at radius 2 is 0.938 bits per heavy atom. The van der Waals surface area contributed by atoms with Gasteiger partial charge in [0.2, 0.25) is 0 Å². The molecule has 14 fully saturated rings. The van der Waals surface area contributed by atoms with Gasteiger partial charge in [-0.1, -0.05) is 69.2 Å². The molecule has 10 aliphatic carbocycles. The standard InChI is InChI=1S/C37H60O10.C37H58O10.B.Na.H/c2*1-18-15-21(30(33(5,6)43)45-19(2)38)46-28-25(18)34(7)13-14-37-17-36(37)12-11-24(47-31-27(41)26(40)20(39)16-44-31)32(3,4)22(36)9-10-23(37)35(34,8)29(28)42;;;/h18,20-31,39-43H,9-17H2,1-8H3;18,20-28,30-31,39-41,43H,9-17H2,1-8H3;;;/q;;;+1;-1/t18-,20?,21-,22+,23+,24+,25+,26+,27-,28+,29+,30+,31+,34-,35-,36-,37+;18-,20?,21-,22+,23+,24+,25+,26+,27-,28+,30+,31+,34-,35-,36-,37+;;;/m11.../s1. The summed E-state index contributed by atoms with van der Waals surface area (Å²) >= 11 is 0. The molecule has 9 N–H and O–H groups in total. The van der Waals surface area contributed by atoms with Gasteiger partial charge in [-0.2, -0.15) is 0 Å². The maximum absolute atomic E-state index is 15.0. The van der Waals surface area contributed by atoms with Crippen molar-refractivity contribution < 1.29 is 129 Å². The number of aliphatic hydroxyl groups is 9. The Bertz CT molecular complexity index is 2950. The topological polar surface area (TPSA) is 307 Å². The fraction of sp³-hybridized carbons (Fsp3) is 0.959. The number of hydrogen-bond donors (Lipinski definition) is 9. The third kappa shape index (κ3) is 10.6. The Balaban J connectivity index is 0.000000204. The average molecular weight is 1360 g/mol. The maximum atomic E-state index is 15.0. The van der Waals surface area contributed by atoms with Gasteiger partial charge in [-0.05, 0) is 215 Å². The number of ketones is 1. The summed E-state index contributed by atoms with van der Waals surface area (Å²) < 4.78 is 49.0. The predicted molar refractivity (Wildman–Crippen MR) is 347 cm³/mol. The molecule has 4 aliphatic heterocycles. The minimum Gasteiger partial charge on any atom is -1.00 e. The summed E-state index contributed by atoms with van der Waals surface area (Å²) in [5.74, 6) is 1.32. The van der Waals surface area contributed by atoms with Crippen molar-refractivity contribution in [2.24, 2.45) is 101 Å². The van der Waals surface area contributed by atoms with Crippen molar-refractivity contribution in [3.63, 3.8) is 0 Å². The van der Waals surface area contributed by atoms with Crippen molar-refractivity contribution in [2.75, 3.05) is 13.2 Å². The summed E-state index contributed by atoms with van der Waals surface area (Å²) in [6.45, 7) is 32.1. The third-order valence-electron chi connectivity index (χ3n) is 31.4. The van der Waals surface area contributed by atoms with Crippen LogP contribution >= 0.6 is 0 Å². The number of carbonyl (C=O) groups excluding carboxylic acids is 3. The SMILES string of the molecule is CC(=O)O[C@@H]([C@H]1C[C@@H](C)[C@H]2[C@H](O1)C(=O)[C@@]1(C)[C@@H]3CC[C@H]4C(C)(C)[C@@H](O[C@@H]5OCC(O)[C@H](O)[C@H]5O)CC[C@@]45C[C@@]35CC[C@]21C)C(C)(C)O.CC(=O)O[C@@H]([C@H]1C[C@@H](C)[C@H]2[C@H](O1)[C@H](O)[C@@]1(C)[C@@H]3CC[C@H]4C(C)(C)[C@@H](O[C@@H]5OCC(O)[C@H](O)[C@H]5O)CC[C@@]45C[C@@]35CC[C@]21C)C(C)(C)O.[B].[H-].[Na+]. The predicted octanol–water partition coefficient (Wildman–Crippen LogP) is 3.60. The number of ether oxygens (including phenoxy) is 8. The average Bonchev–Trinajstić information content (AvgIpc) is 1.47. The number of esters is 2. The molecule has 539 valence electrons. The van der Waals surface area contributed by atoms with Gasteiger partial charge in [0.25, 0.3) is 0 Å². The molecule has 0 aromatic rings. The van der Waals surface area contributed by atoms with E-state index < -0.39 is 120 Å². The molecule has 0 aromatic heterocycles. The zero-order chi connectivity index (χ0) is 68.6. The van der Waals surface area contributed by atoms with Gasteiger partial charge in [-0.3, -0.25) is 14.4 Å². The van der Waals surface area contributed by atoms with Crippen molar-refractivity contribution in [1.82, 2.24) is 0 Å². The van der Waals surface area contributed by atoms with Crippen molar-refractivity contribution in [1.29, 1.82) is 0 Å². The number of fused-ring (bicyclic) bond motifs is 8. The molecule has 33 atom stereocenters. The molecule has 2 unspecified atom stereocenters. The molecule has 0 bridgehead atoms. The van der Waals surface area contributed by atoms with Gasteiger partial charge in [-0.25, -0.2) is 0 Å². The van der Waals surface area contributed by atoms with Crippen molar-refractivity contribution in [3.8, 4) is 0 Å². The first-order chi connectivity index (χ1) is 43.5. The van der Waals surface area contributed by atoms with Gasteiger partial charge in [0, 0.05) is 39.0 Å². The van der Waals surface area contributed by atoms with Crippen LogP contribution in [-0.2, 0) is 52.3 Å². The largest absolute Gasteiger partial charge is 1.00 e. The number of rotatable bonds is 10. The van der Waals surface area contributed by atoms with Gasteiger partial charge in [-0.15, -0.1) is 0 Å². The number of Topliss-reactive ketones (excluding diaryl/α,β-unsaturated/α-hetero) is 1. The molecule has 20 nitrogen and oxygen atoms in total. The molecule has 4 heterocycles. The Labute approximate surface area is 595 Å². The van der Waals surface area contributed by atoms with E-state index in [-0.39, 0.29) is 149 Å². The summed E-state index contributed by atoms with van der Waals surface area (Å²) in [6.07, 6.45) is 1.40. The van der Waals surface area contributed by atoms with Crippen LogP contribution in [0.2, 0.25) is 0 Å². The molecule has 0 amide bonds. The normalized spacial score (nSPS) is 53.5. The van der Waals surface area contributed by atoms with E-state index in [9.17, 15) is 60.3 Å². The van der Waals surface area contributed by atoms with Crippen LogP contribution in [-0.4, -0.2) is 201 Å². The van der Waals surface area contributed by atoms with Gasteiger partial charge in [0.1, 0.15) is 42.7 Å². The summed E-state index contributed by atoms with van der Waals surface area (Å²) in [6, 6.07) is 0. The Morgan fingerprint density at radius 3 is 1.39 bits per heavy atom. The first-order valence-electron chi connectivity index (χ1n) is 36.5. The quantitative estimate of drug-likeness (QED) is 0.0858. The first-order valence-corrected chi connectivity index (χ1v) is 36.5. The third-order valence-corrected chi connectivity index (χ3v) is 31.4. The van der Waals surface area contributed by atoms with Crippen LogP contribution in [0.4, 0.5) is 0 Å². The van der Waals surface area contributed by atoms with E-state index in [1.165, 1.54) is 20.3 Å². The molecule has 22 heteroatoms. The molecule has 14 rings (SSSR count). The van der Waals surface area contributed by atoms with Crippen molar-refractivity contribution in [2.45, 2.75) is 329 Å². The molecule has 3 radical (unpaired) electrons. The molecule has 14 aliphatic rings. The van der Waals surface area contributed by atoms with Crippen molar-refractivity contribution in [3.05, 3.63) is 0 Å². The molecule has 0 aromatic carbocycles. The zero-order valence-electron chi connectivity index (χ0n) is 61.8. The van der Waals surface area contributed by atoms with Crippen LogP contribution in [0.25, 0.3) is 0 Å². The smallest absolute Gasteiger partial charge is 1.00 e. The van der Waals surface area contributed by atoms with Gasteiger partial charge in [0.15, 0.2) is 30.6 Å². The second kappa shape index (κ2) is 24.9. The Morgan fingerprint density at radius 1 is 0.542 bits per heavy atom. The second-order valence-electron chi connectivity index (χ2n) is 37.0. The van der Waals surface area contributed by atoms with E-state index >= 15 is 0 Å². The van der Waals surface area contributed by atoms with E-state index in [1.54, 1.807) is 27.7 Å². The van der Waals surface area contributed by atoms with Crippen LogP contribution in [0.1, 0.15) is 215 Å². The van der Waals surface area contributed by atoms with Gasteiger partial charge < -0.3 is 85.3 Å². The monoisotopic (exact) mass is 1360 g/mol. The van der Waals surface area contributed by atoms with E-state index in [2.05, 4.69) is 69.2 Å². The molecule has 4 saturated heterocycles. The number of hydrogen-bond acceptors (Lipinski definition) is 20. The van der Waals surface area contributed by atoms with E-state index in [0.29, 0.717) is 30.6 Å². The van der Waals surface area contributed by atoms with Crippen LogP contribution in [0, 0.1) is 101 Å². The van der Waals surface area contributed by atoms with Gasteiger partial charge >= 0.3 is 41.5 Å². The fourth-order valence-corrected chi connectivity index (χ4v) is 27.0. The first kappa shape index (κ1) is 76.2. The Kier molecular flexibility index (Phi) is 19.7. The molecule has 96 heavy (non-hydrogen) atoms. The summed E-state index contributed by atoms with van der Waals surface area (Å²) in [5, 5.41) is 96.1. The number of aliphatic hydroxyl groups excluding tert-OH is 7. The summed E-state index contributed by atoms with van der Waals surface area (Å²) in [4.78, 5) is 39.0. The van der Waals surface area contributed by atoms with Crippen molar-refractivity contribution >= 4 is 26.1 Å². The van der Waals surface area contributed by atoms with Crippen LogP contribution in [0.15, 0.2) is 0 Å². The van der Waals surface area contributed by atoms with E-state index in [0.717, 1.165) is 83.5 Å². The minimum absolute atomic E-state index is 0. The minimum atomic E-state index is -1.31. The Hall–Kier alpha value is -0.925. The number of carbonyl (C=O) groups is 3. The molecular formula is C74H119BNaO20. The van der Waals surface area contributed by atoms with E-state index in [1.807, 2.05) is 0 Å². The fourth-order valence-electron chi connectivity index (χ4n) is 27.0. The molecular weight excluding hydrogens is 1240 g/mol. The molecule has 10 saturated carbocycles.